The molecule has 4 heteroatoms. The summed E-state index contributed by atoms with van der Waals surface area (Å²) in [5, 5.41) is 3.87. The lowest BCUT2D eigenvalue weighted by Crippen LogP contribution is -2.38. The molecule has 0 radical (unpaired) electrons. The van der Waals surface area contributed by atoms with Crippen LogP contribution in [0.3, 0.4) is 0 Å². The van der Waals surface area contributed by atoms with Gasteiger partial charge in [-0.3, -0.25) is 0 Å². The Hall–Kier alpha value is -0.800. The van der Waals surface area contributed by atoms with Crippen molar-refractivity contribution in [2.75, 3.05) is 18.5 Å². The number of aromatic nitrogens is 1. The van der Waals surface area contributed by atoms with E-state index < -0.39 is 0 Å². The number of hydrogen-bond acceptors (Lipinski definition) is 3. The lowest BCUT2D eigenvalue weighted by Gasteiger charge is -2.33. The minimum Gasteiger partial charge on any atom is -0.351 e. The fourth-order valence-electron chi connectivity index (χ4n) is 2.47. The second-order valence-corrected chi connectivity index (χ2v) is 5.64. The highest BCUT2D eigenvalue weighted by Crippen LogP contribution is 2.33. The van der Waals surface area contributed by atoms with Crippen molar-refractivity contribution >= 4 is 17.4 Å². The first-order valence-electron chi connectivity index (χ1n) is 6.11. The monoisotopic (exact) mass is 253 g/mol. The van der Waals surface area contributed by atoms with Gasteiger partial charge in [-0.2, -0.15) is 0 Å². The van der Waals surface area contributed by atoms with E-state index in [2.05, 4.69) is 35.1 Å². The Balaban J connectivity index is 2.30. The van der Waals surface area contributed by atoms with Gasteiger partial charge in [0.25, 0.3) is 0 Å². The lowest BCUT2D eigenvalue weighted by atomic mass is 10.0. The summed E-state index contributed by atoms with van der Waals surface area (Å²) < 4.78 is 0. The lowest BCUT2D eigenvalue weighted by molar-refractivity contribution is 0.514. The Morgan fingerprint density at radius 1 is 1.53 bits per heavy atom. The van der Waals surface area contributed by atoms with Crippen molar-refractivity contribution in [3.8, 4) is 0 Å². The van der Waals surface area contributed by atoms with E-state index in [1.54, 1.807) is 6.20 Å². The van der Waals surface area contributed by atoms with E-state index in [1.807, 2.05) is 7.05 Å². The van der Waals surface area contributed by atoms with Crippen molar-refractivity contribution in [1.82, 2.24) is 10.3 Å². The van der Waals surface area contributed by atoms with E-state index in [1.165, 1.54) is 12.8 Å². The molecule has 0 atom stereocenters. The normalized spacial score (nSPS) is 18.7. The number of hydrogen-bond donors (Lipinski definition) is 1. The van der Waals surface area contributed by atoms with Crippen molar-refractivity contribution in [3.63, 3.8) is 0 Å². The molecular weight excluding hydrogens is 234 g/mol. The van der Waals surface area contributed by atoms with Gasteiger partial charge in [0.15, 0.2) is 0 Å². The van der Waals surface area contributed by atoms with Crippen molar-refractivity contribution < 1.29 is 0 Å². The summed E-state index contributed by atoms with van der Waals surface area (Å²) >= 11 is 6.13. The Kier molecular flexibility index (Phi) is 3.59. The number of pyridine rings is 1. The van der Waals surface area contributed by atoms with Crippen LogP contribution in [0.5, 0.6) is 0 Å². The molecule has 3 nitrogen and oxygen atoms in total. The van der Waals surface area contributed by atoms with Crippen LogP contribution in [0.1, 0.15) is 32.3 Å². The zero-order chi connectivity index (χ0) is 12.5. The van der Waals surface area contributed by atoms with Crippen LogP contribution in [0.25, 0.3) is 0 Å². The van der Waals surface area contributed by atoms with Gasteiger partial charge in [0.1, 0.15) is 5.82 Å². The molecule has 1 N–H and O–H groups in total. The molecule has 1 fully saturated rings. The Morgan fingerprint density at radius 3 is 2.88 bits per heavy atom. The number of rotatable bonds is 3. The van der Waals surface area contributed by atoms with Crippen molar-refractivity contribution in [1.29, 1.82) is 0 Å². The van der Waals surface area contributed by atoms with Crippen molar-refractivity contribution in [2.45, 2.75) is 38.8 Å². The quantitative estimate of drug-likeness (QED) is 0.898. The Morgan fingerprint density at radius 2 is 2.29 bits per heavy atom. The third-order valence-corrected chi connectivity index (χ3v) is 3.81. The van der Waals surface area contributed by atoms with E-state index in [9.17, 15) is 0 Å². The Labute approximate surface area is 108 Å². The molecule has 1 saturated heterocycles. The highest BCUT2D eigenvalue weighted by molar-refractivity contribution is 6.31. The molecule has 1 aromatic heterocycles. The highest BCUT2D eigenvalue weighted by Gasteiger charge is 2.32. The second-order valence-electron chi connectivity index (χ2n) is 5.23. The van der Waals surface area contributed by atoms with Gasteiger partial charge in [-0.1, -0.05) is 11.6 Å². The molecular formula is C13H20ClN3. The highest BCUT2D eigenvalue weighted by atomic mass is 35.5. The minimum absolute atomic E-state index is 0.206. The molecule has 0 saturated carbocycles. The predicted octanol–water partition coefficient (Wildman–Crippen LogP) is 2.83. The van der Waals surface area contributed by atoms with E-state index >= 15 is 0 Å². The topological polar surface area (TPSA) is 28.2 Å². The maximum absolute atomic E-state index is 6.13. The fourth-order valence-corrected chi connectivity index (χ4v) is 2.64. The summed E-state index contributed by atoms with van der Waals surface area (Å²) in [4.78, 5) is 6.84. The maximum Gasteiger partial charge on any atom is 0.129 e. The number of anilines is 1. The van der Waals surface area contributed by atoms with Gasteiger partial charge in [-0.15, -0.1) is 0 Å². The molecule has 1 aliphatic rings. The first kappa shape index (κ1) is 12.7. The third kappa shape index (κ3) is 2.55. The first-order valence-corrected chi connectivity index (χ1v) is 6.49. The summed E-state index contributed by atoms with van der Waals surface area (Å²) in [5.74, 6) is 1.04. The van der Waals surface area contributed by atoms with Gasteiger partial charge in [-0.25, -0.2) is 4.98 Å². The molecule has 17 heavy (non-hydrogen) atoms. The SMILES string of the molecule is CNCc1cc(N2CCCC2(C)C)ncc1Cl. The molecule has 1 aromatic rings. The van der Waals surface area contributed by atoms with Gasteiger partial charge in [-0.05, 0) is 45.4 Å². The number of nitrogens with one attached hydrogen (secondary N) is 1. The van der Waals surface area contributed by atoms with Crippen molar-refractivity contribution in [3.05, 3.63) is 22.8 Å². The largest absolute Gasteiger partial charge is 0.351 e. The zero-order valence-corrected chi connectivity index (χ0v) is 11.5. The van der Waals surface area contributed by atoms with Gasteiger partial charge < -0.3 is 10.2 Å². The predicted molar refractivity (Wildman–Crippen MR) is 72.7 cm³/mol. The van der Waals surface area contributed by atoms with Gasteiger partial charge in [0.2, 0.25) is 0 Å². The second kappa shape index (κ2) is 4.83. The molecule has 94 valence electrons. The zero-order valence-electron chi connectivity index (χ0n) is 10.8. The fraction of sp³-hybridized carbons (Fsp3) is 0.615. The molecule has 0 aliphatic carbocycles. The van der Waals surface area contributed by atoms with Crippen LogP contribution in [0, 0.1) is 0 Å². The van der Waals surface area contributed by atoms with Crippen LogP contribution in [0.15, 0.2) is 12.3 Å². The molecule has 0 amide bonds. The van der Waals surface area contributed by atoms with E-state index in [0.29, 0.717) is 0 Å². The number of nitrogens with zero attached hydrogens (tertiary/aromatic N) is 2. The summed E-state index contributed by atoms with van der Waals surface area (Å²) in [5.41, 5.74) is 1.32. The molecule has 0 spiro atoms. The summed E-state index contributed by atoms with van der Waals surface area (Å²) in [6.07, 6.45) is 4.22. The average molecular weight is 254 g/mol. The van der Waals surface area contributed by atoms with Crippen molar-refractivity contribution in [2.24, 2.45) is 0 Å². The smallest absolute Gasteiger partial charge is 0.129 e. The molecule has 0 aromatic carbocycles. The molecule has 2 rings (SSSR count). The third-order valence-electron chi connectivity index (χ3n) is 3.47. The standard InChI is InChI=1S/C13H20ClN3/c1-13(2)5-4-6-17(13)12-7-10(8-15-3)11(14)9-16-12/h7,9,15H,4-6,8H2,1-3H3. The molecule has 1 aliphatic heterocycles. The maximum atomic E-state index is 6.13. The van der Waals surface area contributed by atoms with E-state index in [0.717, 1.165) is 29.5 Å². The van der Waals surface area contributed by atoms with Gasteiger partial charge in [0, 0.05) is 24.8 Å². The molecule has 2 heterocycles. The first-order chi connectivity index (χ1) is 8.04. The number of halogens is 1. The van der Waals surface area contributed by atoms with Gasteiger partial charge >= 0.3 is 0 Å². The molecule has 0 bridgehead atoms. The van der Waals surface area contributed by atoms with Crippen LogP contribution in [-0.2, 0) is 6.54 Å². The summed E-state index contributed by atoms with van der Waals surface area (Å²) in [6, 6.07) is 2.10. The summed E-state index contributed by atoms with van der Waals surface area (Å²) in [6.45, 7) is 6.41. The van der Waals surface area contributed by atoms with Crippen LogP contribution in [-0.4, -0.2) is 24.1 Å². The van der Waals surface area contributed by atoms with Crippen LogP contribution < -0.4 is 10.2 Å². The van der Waals surface area contributed by atoms with E-state index in [4.69, 9.17) is 11.6 Å². The average Bonchev–Trinajstić information content (AvgIpc) is 2.62. The minimum atomic E-state index is 0.206. The van der Waals surface area contributed by atoms with Crippen LogP contribution in [0.4, 0.5) is 5.82 Å². The Bertz CT molecular complexity index is 404. The molecule has 0 unspecified atom stereocenters. The van der Waals surface area contributed by atoms with E-state index in [-0.39, 0.29) is 5.54 Å². The van der Waals surface area contributed by atoms with Crippen LogP contribution in [0.2, 0.25) is 5.02 Å². The van der Waals surface area contributed by atoms with Gasteiger partial charge in [0.05, 0.1) is 5.02 Å². The summed E-state index contributed by atoms with van der Waals surface area (Å²) in [7, 11) is 1.93. The van der Waals surface area contributed by atoms with Crippen LogP contribution >= 0.6 is 11.6 Å².